The summed E-state index contributed by atoms with van der Waals surface area (Å²) in [5.41, 5.74) is 2.44. The molecule has 0 radical (unpaired) electrons. The fraction of sp³-hybridized carbons (Fsp3) is 0.176. The van der Waals surface area contributed by atoms with Gasteiger partial charge in [0.2, 0.25) is 0 Å². The third-order valence-corrected chi connectivity index (χ3v) is 5.86. The second kappa shape index (κ2) is 4.55. The Bertz CT molecular complexity index is 744. The molecular weight excluding hydrogens is 325 g/mol. The number of nitrogens with zero attached hydrogens (tertiary/aromatic N) is 3. The summed E-state index contributed by atoms with van der Waals surface area (Å²) < 4.78 is 1.29. The van der Waals surface area contributed by atoms with Crippen molar-refractivity contribution in [3.63, 3.8) is 0 Å². The zero-order valence-corrected chi connectivity index (χ0v) is 13.7. The van der Waals surface area contributed by atoms with Gasteiger partial charge in [0.05, 0.1) is 0 Å². The number of fused-ring (bicyclic) bond motifs is 2. The fourth-order valence-corrected chi connectivity index (χ4v) is 4.51. The van der Waals surface area contributed by atoms with Crippen molar-refractivity contribution in [1.82, 2.24) is 9.97 Å². The van der Waals surface area contributed by atoms with Crippen LogP contribution in [0.5, 0.6) is 0 Å². The van der Waals surface area contributed by atoms with Gasteiger partial charge in [0.15, 0.2) is 0 Å². The molecule has 0 unspecified atom stereocenters. The average molecular weight is 340 g/mol. The molecule has 0 spiro atoms. The van der Waals surface area contributed by atoms with Gasteiger partial charge in [-0.25, -0.2) is 0 Å². The Morgan fingerprint density at radius 1 is 0.905 bits per heavy atom. The van der Waals surface area contributed by atoms with Crippen molar-refractivity contribution in [2.24, 2.45) is 0 Å². The van der Waals surface area contributed by atoms with Crippen molar-refractivity contribution in [2.75, 3.05) is 4.90 Å². The molecule has 4 heteroatoms. The first-order valence-electron chi connectivity index (χ1n) is 6.94. The molecule has 0 saturated carbocycles. The first kappa shape index (κ1) is 12.8. The molecule has 3 aromatic rings. The van der Waals surface area contributed by atoms with Gasteiger partial charge < -0.3 is 0 Å². The molecule has 3 aromatic heterocycles. The number of rotatable bonds is 1. The molecule has 104 valence electrons. The maximum atomic E-state index is 4.67. The van der Waals surface area contributed by atoms with Crippen LogP contribution in [0.3, 0.4) is 0 Å². The molecule has 0 aliphatic carbocycles. The van der Waals surface area contributed by atoms with Gasteiger partial charge in [0.25, 0.3) is 0 Å². The molecule has 0 N–H and O–H groups in total. The third-order valence-electron chi connectivity index (χ3n) is 4.07. The van der Waals surface area contributed by atoms with Crippen LogP contribution in [0.25, 0.3) is 0 Å². The predicted octanol–water partition coefficient (Wildman–Crippen LogP) is 3.64. The topological polar surface area (TPSA) is 29.0 Å². The molecule has 4 rings (SSSR count). The van der Waals surface area contributed by atoms with Crippen LogP contribution in [0.1, 0.15) is 25.0 Å². The number of hydrogen-bond acceptors (Lipinski definition) is 3. The molecule has 0 aromatic carbocycles. The zero-order valence-electron chi connectivity index (χ0n) is 11.9. The first-order chi connectivity index (χ1) is 10.2. The number of anilines is 3. The van der Waals surface area contributed by atoms with E-state index in [1.54, 1.807) is 0 Å². The summed E-state index contributed by atoms with van der Waals surface area (Å²) in [6, 6.07) is 12.7. The van der Waals surface area contributed by atoms with Crippen molar-refractivity contribution in [1.29, 1.82) is 0 Å². The Kier molecular flexibility index (Phi) is 2.78. The molecule has 4 heterocycles. The van der Waals surface area contributed by atoms with E-state index in [0.29, 0.717) is 14.5 Å². The van der Waals surface area contributed by atoms with Crippen LogP contribution in [0, 0.1) is 0 Å². The van der Waals surface area contributed by atoms with Gasteiger partial charge in [-0.2, -0.15) is 0 Å². The molecule has 1 aliphatic heterocycles. The molecule has 1 aliphatic rings. The molecule has 0 amide bonds. The average Bonchev–Trinajstić information content (AvgIpc) is 3.02. The molecule has 0 saturated heterocycles. The minimum atomic E-state index is -0.0801. The first-order valence-corrected chi connectivity index (χ1v) is 8.79. The summed E-state index contributed by atoms with van der Waals surface area (Å²) >= 11 is 0.338. The van der Waals surface area contributed by atoms with Crippen LogP contribution in [-0.4, -0.2) is 24.5 Å². The minimum absolute atomic E-state index is 0.0801. The number of hydrogen-bond donors (Lipinski definition) is 0. The Labute approximate surface area is 130 Å². The number of pyridine rings is 2. The van der Waals surface area contributed by atoms with Gasteiger partial charge >= 0.3 is 130 Å². The van der Waals surface area contributed by atoms with Crippen LogP contribution in [0.4, 0.5) is 16.2 Å². The van der Waals surface area contributed by atoms with Crippen LogP contribution in [0.15, 0.2) is 53.7 Å². The van der Waals surface area contributed by atoms with Crippen LogP contribution in [-0.2, 0) is 5.41 Å². The second-order valence-electron chi connectivity index (χ2n) is 5.66. The van der Waals surface area contributed by atoms with E-state index in [2.05, 4.69) is 57.9 Å². The summed E-state index contributed by atoms with van der Waals surface area (Å²) in [6.45, 7) is 4.50. The van der Waals surface area contributed by atoms with Crippen molar-refractivity contribution in [3.05, 3.63) is 64.9 Å². The van der Waals surface area contributed by atoms with Crippen LogP contribution in [0.2, 0.25) is 0 Å². The Hall–Kier alpha value is -1.90. The van der Waals surface area contributed by atoms with E-state index in [0.717, 1.165) is 11.6 Å². The van der Waals surface area contributed by atoms with E-state index < -0.39 is 0 Å². The molecule has 0 atom stereocenters. The fourth-order valence-electron chi connectivity index (χ4n) is 2.98. The molecule has 21 heavy (non-hydrogen) atoms. The summed E-state index contributed by atoms with van der Waals surface area (Å²) in [4.78, 5) is 13.8. The van der Waals surface area contributed by atoms with Crippen LogP contribution >= 0.6 is 0 Å². The standard InChI is InChI=1S/C17H15N3Se/c1-17(2)12-6-3-9-18-15(12)20(14-8-5-11-21-14)16-13(17)7-4-10-19-16/h3-11H,1-2H3. The van der Waals surface area contributed by atoms with Crippen molar-refractivity contribution >= 4 is 30.7 Å². The maximum absolute atomic E-state index is 4.67. The van der Waals surface area contributed by atoms with Crippen LogP contribution < -0.4 is 4.90 Å². The van der Waals surface area contributed by atoms with E-state index in [1.165, 1.54) is 15.7 Å². The molecule has 3 nitrogen and oxygen atoms in total. The quantitative estimate of drug-likeness (QED) is 0.634. The monoisotopic (exact) mass is 341 g/mol. The molecular formula is C17H15N3Se. The predicted molar refractivity (Wildman–Crippen MR) is 85.8 cm³/mol. The van der Waals surface area contributed by atoms with E-state index in [9.17, 15) is 0 Å². The van der Waals surface area contributed by atoms with Gasteiger partial charge in [0.1, 0.15) is 0 Å². The van der Waals surface area contributed by atoms with Gasteiger partial charge in [0, 0.05) is 0 Å². The third kappa shape index (κ3) is 1.80. The van der Waals surface area contributed by atoms with E-state index in [1.807, 2.05) is 24.5 Å². The molecule has 0 fully saturated rings. The normalized spacial score (nSPS) is 15.4. The summed E-state index contributed by atoms with van der Waals surface area (Å²) in [7, 11) is 0. The zero-order chi connectivity index (χ0) is 14.4. The van der Waals surface area contributed by atoms with Gasteiger partial charge in [-0.05, 0) is 0 Å². The summed E-state index contributed by atoms with van der Waals surface area (Å²) in [5, 5.41) is 0. The van der Waals surface area contributed by atoms with Crippen molar-refractivity contribution in [3.8, 4) is 0 Å². The Morgan fingerprint density at radius 2 is 1.52 bits per heavy atom. The summed E-state index contributed by atoms with van der Waals surface area (Å²) in [5.74, 6) is 2.04. The van der Waals surface area contributed by atoms with E-state index in [4.69, 9.17) is 0 Å². The van der Waals surface area contributed by atoms with E-state index >= 15 is 0 Å². The SMILES string of the molecule is CC1(C)c2cccnc2N(c2ccc[se]2)c2ncccc21. The van der Waals surface area contributed by atoms with Gasteiger partial charge in [-0.1, -0.05) is 0 Å². The van der Waals surface area contributed by atoms with Crippen molar-refractivity contribution in [2.45, 2.75) is 19.3 Å². The number of aromatic nitrogens is 2. The van der Waals surface area contributed by atoms with Gasteiger partial charge in [-0.15, -0.1) is 0 Å². The Morgan fingerprint density at radius 3 is 2.05 bits per heavy atom. The molecule has 0 bridgehead atoms. The van der Waals surface area contributed by atoms with Gasteiger partial charge in [-0.3, -0.25) is 0 Å². The summed E-state index contributed by atoms with van der Waals surface area (Å²) in [6.07, 6.45) is 3.73. The Balaban J connectivity index is 2.06. The second-order valence-corrected chi connectivity index (χ2v) is 7.60. The van der Waals surface area contributed by atoms with E-state index in [-0.39, 0.29) is 5.41 Å². The van der Waals surface area contributed by atoms with Crippen molar-refractivity contribution < 1.29 is 0 Å².